The van der Waals surface area contributed by atoms with Crippen molar-refractivity contribution >= 4 is 28.5 Å². The first-order valence-corrected chi connectivity index (χ1v) is 8.89. The third-order valence-corrected chi connectivity index (χ3v) is 4.34. The lowest BCUT2D eigenvalue weighted by molar-refractivity contribution is 0.101. The highest BCUT2D eigenvalue weighted by Crippen LogP contribution is 2.32. The number of nitrogens with one attached hydrogen (secondary N) is 1. The van der Waals surface area contributed by atoms with Crippen LogP contribution in [-0.4, -0.2) is 12.3 Å². The minimum Gasteiger partial charge on any atom is -0.450 e. The maximum Gasteiger partial charge on any atom is 0.230 e. The van der Waals surface area contributed by atoms with E-state index in [4.69, 9.17) is 4.42 Å². The molecular weight excluding hydrogens is 334 g/mol. The van der Waals surface area contributed by atoms with Crippen LogP contribution < -0.4 is 5.32 Å². The van der Waals surface area contributed by atoms with Gasteiger partial charge in [-0.25, -0.2) is 0 Å². The summed E-state index contributed by atoms with van der Waals surface area (Å²) < 4.78 is 5.89. The maximum atomic E-state index is 12.9. The van der Waals surface area contributed by atoms with Crippen LogP contribution in [0.15, 0.2) is 95.4 Å². The van der Waals surface area contributed by atoms with E-state index in [-0.39, 0.29) is 5.78 Å². The molecular formula is C24H19NO2. The molecule has 0 atom stereocenters. The molecule has 3 aromatic carbocycles. The van der Waals surface area contributed by atoms with Crippen molar-refractivity contribution in [1.29, 1.82) is 0 Å². The molecule has 27 heavy (non-hydrogen) atoms. The number of fused-ring (bicyclic) bond motifs is 1. The van der Waals surface area contributed by atoms with Crippen molar-refractivity contribution in [2.75, 3.05) is 11.9 Å². The van der Waals surface area contributed by atoms with Crippen molar-refractivity contribution in [3.63, 3.8) is 0 Å². The zero-order valence-corrected chi connectivity index (χ0v) is 14.8. The van der Waals surface area contributed by atoms with Gasteiger partial charge in [0.05, 0.1) is 5.69 Å². The molecule has 0 aliphatic carbocycles. The highest BCUT2D eigenvalue weighted by Gasteiger charge is 2.21. The van der Waals surface area contributed by atoms with Gasteiger partial charge in [-0.1, -0.05) is 84.9 Å². The quantitative estimate of drug-likeness (QED) is 0.446. The van der Waals surface area contributed by atoms with Gasteiger partial charge < -0.3 is 9.73 Å². The summed E-state index contributed by atoms with van der Waals surface area (Å²) >= 11 is 0. The summed E-state index contributed by atoms with van der Waals surface area (Å²) in [5.41, 5.74) is 3.18. The molecule has 4 aromatic rings. The number of rotatable bonds is 6. The zero-order chi connectivity index (χ0) is 18.5. The number of ketones is 1. The summed E-state index contributed by atoms with van der Waals surface area (Å²) in [6.07, 6.45) is 4.09. The van der Waals surface area contributed by atoms with Gasteiger partial charge in [-0.3, -0.25) is 4.79 Å². The molecule has 0 saturated heterocycles. The van der Waals surface area contributed by atoms with E-state index in [2.05, 4.69) is 5.32 Å². The Morgan fingerprint density at radius 2 is 1.52 bits per heavy atom. The molecule has 1 N–H and O–H groups in total. The van der Waals surface area contributed by atoms with E-state index in [0.29, 0.717) is 23.5 Å². The number of furan rings is 1. The number of para-hydroxylation sites is 1. The molecule has 4 rings (SSSR count). The Bertz CT molecular complexity index is 1080. The Hall–Kier alpha value is -3.59. The van der Waals surface area contributed by atoms with Crippen LogP contribution in [0.1, 0.15) is 21.7 Å². The minimum atomic E-state index is -0.124. The van der Waals surface area contributed by atoms with Crippen LogP contribution in [0, 0.1) is 0 Å². The van der Waals surface area contributed by atoms with Crippen LogP contribution >= 0.6 is 0 Å². The number of carbonyl (C=O) groups excluding carboxylic acids is 1. The highest BCUT2D eigenvalue weighted by molar-refractivity contribution is 6.14. The van der Waals surface area contributed by atoms with Gasteiger partial charge in [-0.15, -0.1) is 0 Å². The normalized spacial score (nSPS) is 11.1. The van der Waals surface area contributed by atoms with Crippen molar-refractivity contribution in [2.45, 2.75) is 0 Å². The first kappa shape index (κ1) is 16.9. The fraction of sp³-hybridized carbons (Fsp3) is 0.0417. The topological polar surface area (TPSA) is 42.2 Å². The highest BCUT2D eigenvalue weighted by atomic mass is 16.3. The monoisotopic (exact) mass is 353 g/mol. The Morgan fingerprint density at radius 3 is 2.30 bits per heavy atom. The van der Waals surface area contributed by atoms with Gasteiger partial charge in [0.1, 0.15) is 5.58 Å². The number of benzene rings is 3. The first-order valence-electron chi connectivity index (χ1n) is 8.89. The van der Waals surface area contributed by atoms with Crippen LogP contribution in [0.25, 0.3) is 17.0 Å². The standard InChI is InChI=1S/C24H19NO2/c26-23(19-13-5-2-6-14-19)24-22(20-15-7-8-16-21(20)27-24)25-17-9-12-18-10-3-1-4-11-18/h1-16,25H,17H2/b12-9+. The van der Waals surface area contributed by atoms with Crippen LogP contribution in [0.5, 0.6) is 0 Å². The second-order valence-corrected chi connectivity index (χ2v) is 6.19. The molecule has 0 radical (unpaired) electrons. The summed E-state index contributed by atoms with van der Waals surface area (Å²) in [4.78, 5) is 12.9. The fourth-order valence-electron chi connectivity index (χ4n) is 3.02. The summed E-state index contributed by atoms with van der Waals surface area (Å²) in [7, 11) is 0. The number of hydrogen-bond acceptors (Lipinski definition) is 3. The molecule has 0 aliphatic heterocycles. The van der Waals surface area contributed by atoms with Gasteiger partial charge in [-0.05, 0) is 17.7 Å². The molecule has 1 aromatic heterocycles. The third kappa shape index (κ3) is 3.67. The lowest BCUT2D eigenvalue weighted by Crippen LogP contribution is -2.06. The van der Waals surface area contributed by atoms with E-state index < -0.39 is 0 Å². The molecule has 0 spiro atoms. The molecule has 3 heteroatoms. The average molecular weight is 353 g/mol. The first-order chi connectivity index (χ1) is 13.3. The molecule has 0 fully saturated rings. The lowest BCUT2D eigenvalue weighted by atomic mass is 10.1. The Balaban J connectivity index is 1.62. The maximum absolute atomic E-state index is 12.9. The molecule has 0 saturated carbocycles. The Labute approximate surface area is 158 Å². The van der Waals surface area contributed by atoms with Crippen molar-refractivity contribution in [3.8, 4) is 0 Å². The van der Waals surface area contributed by atoms with Crippen LogP contribution in [0.4, 0.5) is 5.69 Å². The molecule has 1 heterocycles. The second kappa shape index (κ2) is 7.75. The number of anilines is 1. The van der Waals surface area contributed by atoms with E-state index in [9.17, 15) is 4.79 Å². The minimum absolute atomic E-state index is 0.124. The van der Waals surface area contributed by atoms with Gasteiger partial charge >= 0.3 is 0 Å². The molecule has 0 aliphatic rings. The Kier molecular flexibility index (Phi) is 4.84. The van der Waals surface area contributed by atoms with Crippen LogP contribution in [0.3, 0.4) is 0 Å². The third-order valence-electron chi connectivity index (χ3n) is 4.34. The van der Waals surface area contributed by atoms with E-state index in [1.54, 1.807) is 12.1 Å². The summed E-state index contributed by atoms with van der Waals surface area (Å²) in [5, 5.41) is 4.26. The number of carbonyl (C=O) groups is 1. The van der Waals surface area contributed by atoms with Crippen molar-refractivity contribution in [3.05, 3.63) is 108 Å². The van der Waals surface area contributed by atoms with E-state index in [0.717, 1.165) is 16.6 Å². The molecule has 0 bridgehead atoms. The van der Waals surface area contributed by atoms with Gasteiger partial charge in [-0.2, -0.15) is 0 Å². The molecule has 132 valence electrons. The van der Waals surface area contributed by atoms with Crippen LogP contribution in [-0.2, 0) is 0 Å². The molecule has 3 nitrogen and oxygen atoms in total. The number of hydrogen-bond donors (Lipinski definition) is 1. The summed E-state index contributed by atoms with van der Waals surface area (Å²) in [6.45, 7) is 0.591. The fourth-order valence-corrected chi connectivity index (χ4v) is 3.02. The lowest BCUT2D eigenvalue weighted by Gasteiger charge is -2.05. The van der Waals surface area contributed by atoms with Gasteiger partial charge in [0.25, 0.3) is 0 Å². The Morgan fingerprint density at radius 1 is 0.852 bits per heavy atom. The van der Waals surface area contributed by atoms with E-state index in [1.165, 1.54) is 0 Å². The predicted octanol–water partition coefficient (Wildman–Crippen LogP) is 5.79. The van der Waals surface area contributed by atoms with Crippen molar-refractivity contribution in [2.24, 2.45) is 0 Å². The van der Waals surface area contributed by atoms with Crippen molar-refractivity contribution < 1.29 is 9.21 Å². The molecule has 0 unspecified atom stereocenters. The molecule has 0 amide bonds. The van der Waals surface area contributed by atoms with E-state index >= 15 is 0 Å². The van der Waals surface area contributed by atoms with Gasteiger partial charge in [0, 0.05) is 17.5 Å². The van der Waals surface area contributed by atoms with Crippen LogP contribution in [0.2, 0.25) is 0 Å². The summed E-state index contributed by atoms with van der Waals surface area (Å²) in [5.74, 6) is 0.219. The SMILES string of the molecule is O=C(c1ccccc1)c1oc2ccccc2c1NC/C=C/c1ccccc1. The van der Waals surface area contributed by atoms with E-state index in [1.807, 2.05) is 84.9 Å². The van der Waals surface area contributed by atoms with Crippen molar-refractivity contribution in [1.82, 2.24) is 0 Å². The predicted molar refractivity (Wildman–Crippen MR) is 110 cm³/mol. The largest absolute Gasteiger partial charge is 0.450 e. The smallest absolute Gasteiger partial charge is 0.230 e. The average Bonchev–Trinajstić information content (AvgIpc) is 3.11. The zero-order valence-electron chi connectivity index (χ0n) is 14.8. The summed E-state index contributed by atoms with van der Waals surface area (Å²) in [6, 6.07) is 27.0. The second-order valence-electron chi connectivity index (χ2n) is 6.19. The van der Waals surface area contributed by atoms with Gasteiger partial charge in [0.2, 0.25) is 5.78 Å². The van der Waals surface area contributed by atoms with Gasteiger partial charge in [0.15, 0.2) is 5.76 Å².